The lowest BCUT2D eigenvalue weighted by atomic mass is 9.85. The van der Waals surface area contributed by atoms with Gasteiger partial charge in [-0.3, -0.25) is 9.89 Å². The van der Waals surface area contributed by atoms with Crippen molar-refractivity contribution in [3.8, 4) is 5.75 Å². The summed E-state index contributed by atoms with van der Waals surface area (Å²) in [4.78, 5) is 9.18. The van der Waals surface area contributed by atoms with Crippen LogP contribution in [0.1, 0.15) is 30.1 Å². The van der Waals surface area contributed by atoms with Gasteiger partial charge in [-0.1, -0.05) is 12.1 Å². The fourth-order valence-electron chi connectivity index (χ4n) is 4.39. The summed E-state index contributed by atoms with van der Waals surface area (Å²) in [7, 11) is 9.98. The van der Waals surface area contributed by atoms with Gasteiger partial charge in [-0.25, -0.2) is 0 Å². The van der Waals surface area contributed by atoms with Gasteiger partial charge >= 0.3 is 0 Å². The van der Waals surface area contributed by atoms with E-state index in [1.54, 1.807) is 7.11 Å². The number of hydrogen-bond acceptors (Lipinski definition) is 3. The minimum atomic E-state index is 0. The van der Waals surface area contributed by atoms with Crippen LogP contribution in [0.4, 0.5) is 0 Å². The number of halogens is 1. The third-order valence-electron chi connectivity index (χ3n) is 6.01. The van der Waals surface area contributed by atoms with Crippen LogP contribution in [-0.4, -0.2) is 61.7 Å². The highest BCUT2D eigenvalue weighted by Gasteiger charge is 2.30. The minimum Gasteiger partial charge on any atom is -0.497 e. The number of methoxy groups -OCH3 is 1. The number of aromatic nitrogens is 1. The van der Waals surface area contributed by atoms with Crippen LogP contribution in [0.15, 0.2) is 47.6 Å². The molecular formula is C23H36IN5O. The minimum absolute atomic E-state index is 0. The molecule has 30 heavy (non-hydrogen) atoms. The summed E-state index contributed by atoms with van der Waals surface area (Å²) < 4.78 is 7.48. The summed E-state index contributed by atoms with van der Waals surface area (Å²) in [6.45, 7) is 2.87. The molecule has 0 saturated carbocycles. The number of aliphatic imine (C=N–C) groups is 1. The number of hydrogen-bond donors (Lipinski definition) is 1. The van der Waals surface area contributed by atoms with Gasteiger partial charge in [0.25, 0.3) is 0 Å². The fourth-order valence-corrected chi connectivity index (χ4v) is 4.39. The van der Waals surface area contributed by atoms with Gasteiger partial charge in [-0.05, 0) is 62.2 Å². The predicted octanol–water partition coefficient (Wildman–Crippen LogP) is 3.74. The summed E-state index contributed by atoms with van der Waals surface area (Å²) in [5.74, 6) is 2.37. The molecule has 0 aliphatic carbocycles. The van der Waals surface area contributed by atoms with Crippen LogP contribution in [0.5, 0.6) is 5.75 Å². The SMILES string of the molecule is CN=C(NCC1CCCN(C)C1c1ccc(OC)cc1)N(C)Cc1cccn1C.I. The maximum atomic E-state index is 5.33. The Kier molecular flexibility index (Phi) is 9.48. The standard InChI is InChI=1S/C23H35N5O.HI/c1-24-23(28(4)17-20-9-7-14-26(20)2)25-16-19-8-6-15-27(3)22(19)18-10-12-21(29-5)13-11-18;/h7,9-14,19,22H,6,8,15-17H2,1-5H3,(H,24,25);1H. The third kappa shape index (κ3) is 5.91. The highest BCUT2D eigenvalue weighted by Crippen LogP contribution is 2.35. The average molecular weight is 525 g/mol. The van der Waals surface area contributed by atoms with E-state index in [4.69, 9.17) is 4.74 Å². The van der Waals surface area contributed by atoms with E-state index in [0.717, 1.165) is 31.3 Å². The zero-order chi connectivity index (χ0) is 20.8. The van der Waals surface area contributed by atoms with E-state index in [9.17, 15) is 0 Å². The number of likely N-dealkylation sites (tertiary alicyclic amines) is 1. The number of nitrogens with zero attached hydrogens (tertiary/aromatic N) is 4. The molecule has 6 nitrogen and oxygen atoms in total. The Morgan fingerprint density at radius 2 is 1.97 bits per heavy atom. The average Bonchev–Trinajstić information content (AvgIpc) is 3.13. The maximum absolute atomic E-state index is 5.33. The van der Waals surface area contributed by atoms with E-state index in [1.807, 2.05) is 7.05 Å². The molecule has 0 spiro atoms. The Morgan fingerprint density at radius 1 is 1.23 bits per heavy atom. The van der Waals surface area contributed by atoms with Gasteiger partial charge in [0.1, 0.15) is 5.75 Å². The van der Waals surface area contributed by atoms with Gasteiger partial charge in [0, 0.05) is 45.6 Å². The molecule has 0 amide bonds. The summed E-state index contributed by atoms with van der Waals surface area (Å²) >= 11 is 0. The van der Waals surface area contributed by atoms with E-state index in [2.05, 4.69) is 88.4 Å². The predicted molar refractivity (Wildman–Crippen MR) is 135 cm³/mol. The first-order valence-electron chi connectivity index (χ1n) is 10.4. The van der Waals surface area contributed by atoms with Crippen LogP contribution in [0.2, 0.25) is 0 Å². The Hall–Kier alpha value is -1.74. The molecule has 2 aromatic rings. The zero-order valence-corrected chi connectivity index (χ0v) is 21.2. The molecule has 1 N–H and O–H groups in total. The number of rotatable bonds is 6. The topological polar surface area (TPSA) is 45.0 Å². The first-order chi connectivity index (χ1) is 14.0. The van der Waals surface area contributed by atoms with Crippen molar-refractivity contribution in [1.82, 2.24) is 19.7 Å². The van der Waals surface area contributed by atoms with Crippen molar-refractivity contribution < 1.29 is 4.74 Å². The summed E-state index contributed by atoms with van der Waals surface area (Å²) in [5, 5.41) is 3.63. The van der Waals surface area contributed by atoms with Gasteiger partial charge < -0.3 is 19.5 Å². The molecule has 2 heterocycles. The number of ether oxygens (including phenoxy) is 1. The number of benzene rings is 1. The Morgan fingerprint density at radius 3 is 2.57 bits per heavy atom. The Bertz CT molecular complexity index is 804. The highest BCUT2D eigenvalue weighted by molar-refractivity contribution is 14.0. The normalized spacial score (nSPS) is 19.8. The molecule has 1 aromatic heterocycles. The van der Waals surface area contributed by atoms with E-state index in [-0.39, 0.29) is 24.0 Å². The quantitative estimate of drug-likeness (QED) is 0.355. The smallest absolute Gasteiger partial charge is 0.193 e. The molecular weight excluding hydrogens is 489 g/mol. The second-order valence-corrected chi connectivity index (χ2v) is 8.00. The second kappa shape index (κ2) is 11.6. The molecule has 1 fully saturated rings. The molecule has 0 radical (unpaired) electrons. The van der Waals surface area contributed by atoms with Gasteiger partial charge in [-0.2, -0.15) is 0 Å². The van der Waals surface area contributed by atoms with Gasteiger partial charge in [0.2, 0.25) is 0 Å². The molecule has 2 unspecified atom stereocenters. The molecule has 1 aliphatic heterocycles. The van der Waals surface area contributed by atoms with Crippen LogP contribution in [0.3, 0.4) is 0 Å². The first kappa shape index (κ1) is 24.5. The molecule has 2 atom stereocenters. The molecule has 7 heteroatoms. The van der Waals surface area contributed by atoms with Crippen LogP contribution in [0.25, 0.3) is 0 Å². The molecule has 0 bridgehead atoms. The van der Waals surface area contributed by atoms with Crippen molar-refractivity contribution >= 4 is 29.9 Å². The Labute approximate surface area is 198 Å². The molecule has 3 rings (SSSR count). The first-order valence-corrected chi connectivity index (χ1v) is 10.4. The van der Waals surface area contributed by atoms with Crippen molar-refractivity contribution in [3.05, 3.63) is 53.9 Å². The van der Waals surface area contributed by atoms with Crippen LogP contribution in [0, 0.1) is 5.92 Å². The van der Waals surface area contributed by atoms with E-state index in [0.29, 0.717) is 12.0 Å². The van der Waals surface area contributed by atoms with Gasteiger partial charge in [0.15, 0.2) is 5.96 Å². The maximum Gasteiger partial charge on any atom is 0.193 e. The lowest BCUT2D eigenvalue weighted by Crippen LogP contribution is -2.45. The van der Waals surface area contributed by atoms with Crippen molar-refractivity contribution in [2.45, 2.75) is 25.4 Å². The second-order valence-electron chi connectivity index (χ2n) is 8.00. The Balaban J connectivity index is 0.00000320. The van der Waals surface area contributed by atoms with Gasteiger partial charge in [-0.15, -0.1) is 24.0 Å². The van der Waals surface area contributed by atoms with Crippen molar-refractivity contribution in [2.24, 2.45) is 18.0 Å². The molecule has 166 valence electrons. The van der Waals surface area contributed by atoms with Gasteiger partial charge in [0.05, 0.1) is 13.7 Å². The lowest BCUT2D eigenvalue weighted by molar-refractivity contribution is 0.122. The number of piperidine rings is 1. The number of guanidine groups is 1. The number of nitrogens with one attached hydrogen (secondary N) is 1. The van der Waals surface area contributed by atoms with E-state index in [1.165, 1.54) is 24.1 Å². The molecule has 1 saturated heterocycles. The summed E-state index contributed by atoms with van der Waals surface area (Å²) in [6, 6.07) is 13.2. The highest BCUT2D eigenvalue weighted by atomic mass is 127. The van der Waals surface area contributed by atoms with Crippen molar-refractivity contribution in [3.63, 3.8) is 0 Å². The van der Waals surface area contributed by atoms with Crippen molar-refractivity contribution in [2.75, 3.05) is 41.3 Å². The largest absolute Gasteiger partial charge is 0.497 e. The van der Waals surface area contributed by atoms with E-state index >= 15 is 0 Å². The summed E-state index contributed by atoms with van der Waals surface area (Å²) in [5.41, 5.74) is 2.62. The van der Waals surface area contributed by atoms with E-state index < -0.39 is 0 Å². The molecule has 1 aliphatic rings. The van der Waals surface area contributed by atoms with Crippen molar-refractivity contribution in [1.29, 1.82) is 0 Å². The molecule has 1 aromatic carbocycles. The van der Waals surface area contributed by atoms with Crippen LogP contribution < -0.4 is 10.1 Å². The third-order valence-corrected chi connectivity index (χ3v) is 6.01. The summed E-state index contributed by atoms with van der Waals surface area (Å²) in [6.07, 6.45) is 4.52. The van der Waals surface area contributed by atoms with Crippen LogP contribution in [-0.2, 0) is 13.6 Å². The fraction of sp³-hybridized carbons (Fsp3) is 0.522. The number of aryl methyl sites for hydroxylation is 1. The monoisotopic (exact) mass is 525 g/mol. The van der Waals surface area contributed by atoms with Crippen LogP contribution >= 0.6 is 24.0 Å². The lowest BCUT2D eigenvalue weighted by Gasteiger charge is -2.40. The zero-order valence-electron chi connectivity index (χ0n) is 18.8.